The minimum atomic E-state index is -0.723. The number of aliphatic hydroxyl groups excluding tert-OH is 2. The zero-order chi connectivity index (χ0) is 16.3. The average Bonchev–Trinajstić information content (AvgIpc) is 2.54. The second-order valence-electron chi connectivity index (χ2n) is 6.14. The van der Waals surface area contributed by atoms with Crippen molar-refractivity contribution in [2.24, 2.45) is 0 Å². The van der Waals surface area contributed by atoms with Gasteiger partial charge in [0.05, 0.1) is 13.2 Å². The summed E-state index contributed by atoms with van der Waals surface area (Å²) >= 11 is 0. The van der Waals surface area contributed by atoms with Crippen molar-refractivity contribution >= 4 is 0 Å². The second-order valence-corrected chi connectivity index (χ2v) is 6.14. The lowest BCUT2D eigenvalue weighted by Gasteiger charge is -2.07. The van der Waals surface area contributed by atoms with E-state index in [-0.39, 0.29) is 13.2 Å². The van der Waals surface area contributed by atoms with E-state index in [2.05, 4.69) is 19.1 Å². The Labute approximate surface area is 137 Å². The summed E-state index contributed by atoms with van der Waals surface area (Å²) in [6.45, 7) is 2.98. The highest BCUT2D eigenvalue weighted by Gasteiger charge is 2.00. The summed E-state index contributed by atoms with van der Waals surface area (Å²) in [5.41, 5.74) is 0. The summed E-state index contributed by atoms with van der Waals surface area (Å²) in [5, 5.41) is 17.7. The third-order valence-electron chi connectivity index (χ3n) is 3.82. The van der Waals surface area contributed by atoms with Crippen molar-refractivity contribution in [1.82, 2.24) is 0 Å². The lowest BCUT2D eigenvalue weighted by atomic mass is 10.1. The van der Waals surface area contributed by atoms with Gasteiger partial charge in [-0.2, -0.15) is 0 Å². The molecule has 0 saturated heterocycles. The molecule has 0 heterocycles. The molecule has 3 heteroatoms. The van der Waals surface area contributed by atoms with E-state index in [1.165, 1.54) is 70.6 Å². The van der Waals surface area contributed by atoms with Crippen molar-refractivity contribution in [2.75, 3.05) is 19.8 Å². The van der Waals surface area contributed by atoms with E-state index >= 15 is 0 Å². The number of aliphatic hydroxyl groups is 2. The van der Waals surface area contributed by atoms with Crippen molar-refractivity contribution < 1.29 is 14.9 Å². The van der Waals surface area contributed by atoms with Gasteiger partial charge >= 0.3 is 0 Å². The molecule has 0 radical (unpaired) electrons. The van der Waals surface area contributed by atoms with Gasteiger partial charge in [0.2, 0.25) is 0 Å². The van der Waals surface area contributed by atoms with Crippen molar-refractivity contribution in [3.8, 4) is 0 Å². The summed E-state index contributed by atoms with van der Waals surface area (Å²) < 4.78 is 5.27. The van der Waals surface area contributed by atoms with Crippen LogP contribution in [0.15, 0.2) is 12.2 Å². The van der Waals surface area contributed by atoms with Gasteiger partial charge in [0.15, 0.2) is 0 Å². The van der Waals surface area contributed by atoms with E-state index in [0.29, 0.717) is 6.61 Å². The van der Waals surface area contributed by atoms with Crippen LogP contribution in [-0.4, -0.2) is 36.1 Å². The maximum atomic E-state index is 9.09. The molecule has 0 saturated carbocycles. The van der Waals surface area contributed by atoms with Gasteiger partial charge in [0.1, 0.15) is 6.10 Å². The molecule has 0 aromatic rings. The van der Waals surface area contributed by atoms with Crippen molar-refractivity contribution in [3.05, 3.63) is 12.2 Å². The van der Waals surface area contributed by atoms with Gasteiger partial charge in [-0.15, -0.1) is 0 Å². The first-order valence-corrected chi connectivity index (χ1v) is 9.33. The highest BCUT2D eigenvalue weighted by molar-refractivity contribution is 4.81. The number of unbranched alkanes of at least 4 members (excludes halogenated alkanes) is 10. The molecule has 132 valence electrons. The molecule has 0 aliphatic rings. The first-order chi connectivity index (χ1) is 10.8. The predicted molar refractivity (Wildman–Crippen MR) is 94.1 cm³/mol. The standard InChI is InChI=1S/C19H38O3/c1-2-3-4-5-6-7-8-9-10-11-12-13-14-15-16-22-18-19(21)17-20/h7-8,19-21H,2-6,9-18H2,1H3/b8-7+. The van der Waals surface area contributed by atoms with E-state index in [4.69, 9.17) is 14.9 Å². The third-order valence-corrected chi connectivity index (χ3v) is 3.82. The van der Waals surface area contributed by atoms with Gasteiger partial charge in [-0.1, -0.05) is 64.0 Å². The van der Waals surface area contributed by atoms with Gasteiger partial charge in [-0.25, -0.2) is 0 Å². The quantitative estimate of drug-likeness (QED) is 0.304. The maximum Gasteiger partial charge on any atom is 0.100 e. The summed E-state index contributed by atoms with van der Waals surface area (Å²) in [6, 6.07) is 0. The van der Waals surface area contributed by atoms with E-state index in [1.807, 2.05) is 0 Å². The highest BCUT2D eigenvalue weighted by Crippen LogP contribution is 2.09. The van der Waals surface area contributed by atoms with Crippen molar-refractivity contribution in [1.29, 1.82) is 0 Å². The monoisotopic (exact) mass is 314 g/mol. The number of hydrogen-bond donors (Lipinski definition) is 2. The molecule has 0 amide bonds. The second kappa shape index (κ2) is 18.7. The van der Waals surface area contributed by atoms with Crippen molar-refractivity contribution in [2.45, 2.75) is 90.1 Å². The van der Waals surface area contributed by atoms with Crippen LogP contribution in [0.3, 0.4) is 0 Å². The molecule has 0 aromatic carbocycles. The molecule has 1 unspecified atom stereocenters. The normalized spacial score (nSPS) is 13.0. The van der Waals surface area contributed by atoms with Crippen molar-refractivity contribution in [3.63, 3.8) is 0 Å². The highest BCUT2D eigenvalue weighted by atomic mass is 16.5. The van der Waals surface area contributed by atoms with E-state index < -0.39 is 6.10 Å². The first-order valence-electron chi connectivity index (χ1n) is 9.33. The van der Waals surface area contributed by atoms with Crippen LogP contribution in [0.5, 0.6) is 0 Å². The van der Waals surface area contributed by atoms with Gasteiger partial charge in [0, 0.05) is 6.61 Å². The molecule has 3 nitrogen and oxygen atoms in total. The summed E-state index contributed by atoms with van der Waals surface area (Å²) in [6.07, 6.45) is 19.4. The Bertz CT molecular complexity index is 229. The fraction of sp³-hybridized carbons (Fsp3) is 0.895. The lowest BCUT2D eigenvalue weighted by Crippen LogP contribution is -2.19. The molecule has 0 aliphatic heterocycles. The Morgan fingerprint density at radius 2 is 1.36 bits per heavy atom. The SMILES string of the molecule is CCCCCC/C=C/CCCCCCCCOCC(O)CO. The zero-order valence-electron chi connectivity index (χ0n) is 14.6. The predicted octanol–water partition coefficient (Wildman–Crippen LogP) is 4.61. The molecule has 0 aliphatic carbocycles. The van der Waals surface area contributed by atoms with Crippen LogP contribution < -0.4 is 0 Å². The zero-order valence-corrected chi connectivity index (χ0v) is 14.6. The van der Waals surface area contributed by atoms with Crippen LogP contribution in [0, 0.1) is 0 Å². The van der Waals surface area contributed by atoms with Gasteiger partial charge in [-0.05, 0) is 32.1 Å². The topological polar surface area (TPSA) is 49.7 Å². The van der Waals surface area contributed by atoms with Gasteiger partial charge in [0.25, 0.3) is 0 Å². The van der Waals surface area contributed by atoms with E-state index in [1.54, 1.807) is 0 Å². The Kier molecular flexibility index (Phi) is 18.3. The molecule has 2 N–H and O–H groups in total. The largest absolute Gasteiger partial charge is 0.394 e. The smallest absolute Gasteiger partial charge is 0.100 e. The fourth-order valence-corrected chi connectivity index (χ4v) is 2.37. The molecule has 1 atom stereocenters. The van der Waals surface area contributed by atoms with Crippen LogP contribution in [0.1, 0.15) is 84.0 Å². The minimum Gasteiger partial charge on any atom is -0.394 e. The molecule has 0 aromatic heterocycles. The lowest BCUT2D eigenvalue weighted by molar-refractivity contribution is 0.00526. The average molecular weight is 315 g/mol. The molecule has 0 spiro atoms. The third kappa shape index (κ3) is 17.7. The minimum absolute atomic E-state index is 0.215. The summed E-state index contributed by atoms with van der Waals surface area (Å²) in [4.78, 5) is 0. The van der Waals surface area contributed by atoms with Gasteiger partial charge in [-0.3, -0.25) is 0 Å². The van der Waals surface area contributed by atoms with Crippen LogP contribution in [0.25, 0.3) is 0 Å². The van der Waals surface area contributed by atoms with Gasteiger partial charge < -0.3 is 14.9 Å². The molecule has 22 heavy (non-hydrogen) atoms. The van der Waals surface area contributed by atoms with Crippen LogP contribution in [0.2, 0.25) is 0 Å². The number of rotatable bonds is 17. The number of allylic oxidation sites excluding steroid dienone is 2. The van der Waals surface area contributed by atoms with Crippen LogP contribution >= 0.6 is 0 Å². The fourth-order valence-electron chi connectivity index (χ4n) is 2.37. The van der Waals surface area contributed by atoms with E-state index in [9.17, 15) is 0 Å². The summed E-state index contributed by atoms with van der Waals surface area (Å²) in [5.74, 6) is 0. The molecule has 0 rings (SSSR count). The molecule has 0 fully saturated rings. The Hall–Kier alpha value is -0.380. The first kappa shape index (κ1) is 21.6. The molecular formula is C19H38O3. The Morgan fingerprint density at radius 1 is 0.818 bits per heavy atom. The Morgan fingerprint density at radius 3 is 1.95 bits per heavy atom. The molecule has 0 bridgehead atoms. The maximum absolute atomic E-state index is 9.09. The number of ether oxygens (including phenoxy) is 1. The molecular weight excluding hydrogens is 276 g/mol. The number of hydrogen-bond acceptors (Lipinski definition) is 3. The van der Waals surface area contributed by atoms with Crippen LogP contribution in [0.4, 0.5) is 0 Å². The van der Waals surface area contributed by atoms with E-state index in [0.717, 1.165) is 6.42 Å². The summed E-state index contributed by atoms with van der Waals surface area (Å²) in [7, 11) is 0. The van der Waals surface area contributed by atoms with Crippen LogP contribution in [-0.2, 0) is 4.74 Å². The Balaban J connectivity index is 3.06.